The maximum Gasteiger partial charge on any atom is 0.411 e. The van der Waals surface area contributed by atoms with Gasteiger partial charge in [-0.2, -0.15) is 26.3 Å². The number of alkyl halides is 7. The molecule has 0 aliphatic heterocycles. The average molecular weight is 289 g/mol. The SMILES string of the molecule is COC(=O)C(F)(F)C(F)(F)C(F)(F)Br. The molecule has 0 N–H and O–H groups in total. The Labute approximate surface area is 82.3 Å². The molecule has 0 heterocycles. The van der Waals surface area contributed by atoms with Gasteiger partial charge in [-0.1, -0.05) is 0 Å². The van der Waals surface area contributed by atoms with Crippen LogP contribution >= 0.6 is 15.9 Å². The smallest absolute Gasteiger partial charge is 0.411 e. The van der Waals surface area contributed by atoms with Crippen molar-refractivity contribution in [2.75, 3.05) is 7.11 Å². The van der Waals surface area contributed by atoms with Crippen LogP contribution < -0.4 is 0 Å². The second kappa shape index (κ2) is 3.59. The number of carbonyl (C=O) groups is 1. The molecule has 0 aliphatic carbocycles. The highest BCUT2D eigenvalue weighted by Gasteiger charge is 2.75. The number of halogens is 7. The Balaban J connectivity index is 5.18. The first-order valence-corrected chi connectivity index (χ1v) is 3.68. The van der Waals surface area contributed by atoms with E-state index in [0.29, 0.717) is 7.11 Å². The first kappa shape index (κ1) is 13.5. The van der Waals surface area contributed by atoms with Crippen molar-refractivity contribution in [3.63, 3.8) is 0 Å². The van der Waals surface area contributed by atoms with Crippen molar-refractivity contribution in [3.05, 3.63) is 0 Å². The first-order valence-electron chi connectivity index (χ1n) is 2.89. The molecule has 0 spiro atoms. The third-order valence-corrected chi connectivity index (χ3v) is 1.69. The Morgan fingerprint density at radius 3 is 1.71 bits per heavy atom. The zero-order valence-electron chi connectivity index (χ0n) is 6.46. The molecule has 84 valence electrons. The fraction of sp³-hybridized carbons (Fsp3) is 0.800. The molecule has 0 aromatic carbocycles. The minimum Gasteiger partial charge on any atom is -0.464 e. The van der Waals surface area contributed by atoms with Gasteiger partial charge in [0.1, 0.15) is 0 Å². The van der Waals surface area contributed by atoms with Crippen LogP contribution in [0, 0.1) is 0 Å². The largest absolute Gasteiger partial charge is 0.464 e. The molecule has 0 rings (SSSR count). The molecule has 0 unspecified atom stereocenters. The van der Waals surface area contributed by atoms with Gasteiger partial charge >= 0.3 is 22.6 Å². The quantitative estimate of drug-likeness (QED) is 0.453. The highest BCUT2D eigenvalue weighted by atomic mass is 79.9. The summed E-state index contributed by atoms with van der Waals surface area (Å²) in [6.07, 6.45) is 0. The lowest BCUT2D eigenvalue weighted by atomic mass is 10.2. The van der Waals surface area contributed by atoms with E-state index in [1.165, 1.54) is 0 Å². The Hall–Kier alpha value is -0.470. The summed E-state index contributed by atoms with van der Waals surface area (Å²) in [7, 11) is 0.374. The van der Waals surface area contributed by atoms with Gasteiger partial charge in [-0.25, -0.2) is 4.79 Å². The van der Waals surface area contributed by atoms with E-state index in [0.717, 1.165) is 15.9 Å². The predicted octanol–water partition coefficient (Wildman–Crippen LogP) is 2.42. The second-order valence-electron chi connectivity index (χ2n) is 2.14. The van der Waals surface area contributed by atoms with E-state index in [2.05, 4.69) is 4.74 Å². The van der Waals surface area contributed by atoms with Crippen LogP contribution in [0.2, 0.25) is 0 Å². The molecule has 2 nitrogen and oxygen atoms in total. The molecule has 0 saturated heterocycles. The number of esters is 1. The fourth-order valence-corrected chi connectivity index (χ4v) is 0.683. The van der Waals surface area contributed by atoms with Crippen LogP contribution in [-0.2, 0) is 9.53 Å². The second-order valence-corrected chi connectivity index (χ2v) is 3.13. The lowest BCUT2D eigenvalue weighted by Gasteiger charge is -2.27. The van der Waals surface area contributed by atoms with Gasteiger partial charge in [0.15, 0.2) is 0 Å². The van der Waals surface area contributed by atoms with Crippen molar-refractivity contribution < 1.29 is 35.9 Å². The standard InChI is InChI=1S/C5H3BrF6O2/c1-14-2(13)3(7,8)4(9,10)5(6,11)12/h1H3. The molecule has 0 amide bonds. The normalized spacial score (nSPS) is 14.0. The Kier molecular flexibility index (Phi) is 3.47. The highest BCUT2D eigenvalue weighted by Crippen LogP contribution is 2.49. The van der Waals surface area contributed by atoms with Crippen LogP contribution in [0.1, 0.15) is 0 Å². The Morgan fingerprint density at radius 2 is 1.50 bits per heavy atom. The minimum atomic E-state index is -5.87. The molecule has 0 saturated carbocycles. The van der Waals surface area contributed by atoms with Gasteiger partial charge in [-0.15, -0.1) is 0 Å². The van der Waals surface area contributed by atoms with Crippen molar-refractivity contribution in [3.8, 4) is 0 Å². The summed E-state index contributed by atoms with van der Waals surface area (Å²) in [5.74, 6) is -14.2. The number of methoxy groups -OCH3 is 1. The van der Waals surface area contributed by atoms with Crippen LogP contribution in [0.5, 0.6) is 0 Å². The first-order chi connectivity index (χ1) is 5.98. The maximum atomic E-state index is 12.4. The van der Waals surface area contributed by atoms with Crippen molar-refractivity contribution in [2.45, 2.75) is 16.7 Å². The zero-order chi connectivity index (χ0) is 11.8. The van der Waals surface area contributed by atoms with Gasteiger partial charge < -0.3 is 4.74 Å². The molecule has 0 bridgehead atoms. The van der Waals surface area contributed by atoms with Gasteiger partial charge in [0, 0.05) is 0 Å². The monoisotopic (exact) mass is 288 g/mol. The lowest BCUT2D eigenvalue weighted by Crippen LogP contribution is -2.55. The summed E-state index contributed by atoms with van der Waals surface area (Å²) in [4.78, 5) is 4.91. The highest BCUT2D eigenvalue weighted by molar-refractivity contribution is 9.10. The predicted molar refractivity (Wildman–Crippen MR) is 35.8 cm³/mol. The van der Waals surface area contributed by atoms with E-state index in [1.54, 1.807) is 0 Å². The lowest BCUT2D eigenvalue weighted by molar-refractivity contribution is -0.273. The van der Waals surface area contributed by atoms with Crippen LogP contribution in [-0.4, -0.2) is 29.8 Å². The molecule has 0 aromatic rings. The molecule has 0 atom stereocenters. The number of hydrogen-bond donors (Lipinski definition) is 0. The van der Waals surface area contributed by atoms with Crippen molar-refractivity contribution in [1.82, 2.24) is 0 Å². The van der Waals surface area contributed by atoms with Gasteiger partial charge in [-0.3, -0.25) is 0 Å². The van der Waals surface area contributed by atoms with Gasteiger partial charge in [0.2, 0.25) is 0 Å². The summed E-state index contributed by atoms with van der Waals surface area (Å²) in [5.41, 5.74) is 0. The summed E-state index contributed by atoms with van der Waals surface area (Å²) in [6.45, 7) is 0. The van der Waals surface area contributed by atoms with Crippen molar-refractivity contribution in [1.29, 1.82) is 0 Å². The van der Waals surface area contributed by atoms with E-state index in [1.807, 2.05) is 0 Å². The van der Waals surface area contributed by atoms with Gasteiger partial charge in [0.05, 0.1) is 7.11 Å². The molecular formula is C5H3BrF6O2. The molecule has 0 aliphatic rings. The van der Waals surface area contributed by atoms with Gasteiger partial charge in [-0.05, 0) is 15.9 Å². The average Bonchev–Trinajstić information content (AvgIpc) is 2.00. The summed E-state index contributed by atoms with van der Waals surface area (Å²) < 4.78 is 76.5. The molecule has 0 aromatic heterocycles. The molecular weight excluding hydrogens is 286 g/mol. The van der Waals surface area contributed by atoms with Crippen LogP contribution in [0.15, 0.2) is 0 Å². The fourth-order valence-electron chi connectivity index (χ4n) is 0.434. The van der Waals surface area contributed by atoms with Gasteiger partial charge in [0.25, 0.3) is 0 Å². The van der Waals surface area contributed by atoms with E-state index in [4.69, 9.17) is 0 Å². The van der Waals surface area contributed by atoms with E-state index in [-0.39, 0.29) is 0 Å². The minimum absolute atomic E-state index is 0.374. The van der Waals surface area contributed by atoms with Crippen LogP contribution in [0.4, 0.5) is 26.3 Å². The topological polar surface area (TPSA) is 26.3 Å². The summed E-state index contributed by atoms with van der Waals surface area (Å²) in [5, 5.41) is 0. The molecule has 14 heavy (non-hydrogen) atoms. The molecule has 0 fully saturated rings. The number of hydrogen-bond acceptors (Lipinski definition) is 2. The summed E-state index contributed by atoms with van der Waals surface area (Å²) in [6, 6.07) is 0. The van der Waals surface area contributed by atoms with E-state index >= 15 is 0 Å². The third-order valence-electron chi connectivity index (χ3n) is 1.19. The molecule has 0 radical (unpaired) electrons. The van der Waals surface area contributed by atoms with E-state index in [9.17, 15) is 31.1 Å². The summed E-state index contributed by atoms with van der Waals surface area (Å²) >= 11 is 1.06. The van der Waals surface area contributed by atoms with E-state index < -0.39 is 22.6 Å². The Bertz CT molecular complexity index is 235. The van der Waals surface area contributed by atoms with Crippen LogP contribution in [0.3, 0.4) is 0 Å². The molecule has 9 heteroatoms. The van der Waals surface area contributed by atoms with Crippen LogP contribution in [0.25, 0.3) is 0 Å². The third kappa shape index (κ3) is 1.96. The number of ether oxygens (including phenoxy) is 1. The number of carbonyl (C=O) groups excluding carboxylic acids is 1. The number of rotatable bonds is 3. The maximum absolute atomic E-state index is 12.4. The van der Waals surface area contributed by atoms with Crippen molar-refractivity contribution in [2.24, 2.45) is 0 Å². The Morgan fingerprint density at radius 1 is 1.14 bits per heavy atom. The zero-order valence-corrected chi connectivity index (χ0v) is 8.05. The van der Waals surface area contributed by atoms with Crippen molar-refractivity contribution >= 4 is 21.9 Å².